The van der Waals surface area contributed by atoms with E-state index in [0.29, 0.717) is 36.3 Å². The van der Waals surface area contributed by atoms with Crippen LogP contribution in [0.25, 0.3) is 10.2 Å². The van der Waals surface area contributed by atoms with E-state index in [2.05, 4.69) is 25.5 Å². The van der Waals surface area contributed by atoms with Crippen molar-refractivity contribution in [2.45, 2.75) is 57.7 Å². The van der Waals surface area contributed by atoms with Crippen molar-refractivity contribution >= 4 is 50.2 Å². The van der Waals surface area contributed by atoms with Crippen molar-refractivity contribution in [2.75, 3.05) is 24.6 Å². The number of aryl methyl sites for hydroxylation is 1. The van der Waals surface area contributed by atoms with Crippen LogP contribution < -0.4 is 15.5 Å². The first-order valence-electron chi connectivity index (χ1n) is 12.1. The normalized spacial score (nSPS) is 20.3. The molecule has 2 aromatic heterocycles. The molecule has 186 valence electrons. The molecule has 3 aromatic rings. The highest BCUT2D eigenvalue weighted by Crippen LogP contribution is 2.34. The zero-order valence-corrected chi connectivity index (χ0v) is 21.3. The molecule has 1 saturated carbocycles. The largest absolute Gasteiger partial charge is 0.462 e. The molecular formula is C24H29ClN6O3S. The van der Waals surface area contributed by atoms with Crippen molar-refractivity contribution in [3.8, 4) is 0 Å². The van der Waals surface area contributed by atoms with Gasteiger partial charge in [-0.2, -0.15) is 0 Å². The molecule has 1 aliphatic carbocycles. The number of hydrogen-bond donors (Lipinski definition) is 3. The number of thiazole rings is 1. The van der Waals surface area contributed by atoms with Gasteiger partial charge < -0.3 is 25.3 Å². The number of ether oxygens (including phenoxy) is 1. The first-order valence-corrected chi connectivity index (χ1v) is 13.3. The molecule has 2 fully saturated rings. The van der Waals surface area contributed by atoms with Gasteiger partial charge in [-0.15, -0.1) is 0 Å². The van der Waals surface area contributed by atoms with Crippen LogP contribution in [0.4, 0.5) is 5.13 Å². The third kappa shape index (κ3) is 5.14. The van der Waals surface area contributed by atoms with E-state index in [1.165, 1.54) is 11.3 Å². The van der Waals surface area contributed by atoms with Gasteiger partial charge in [0.25, 0.3) is 5.91 Å². The summed E-state index contributed by atoms with van der Waals surface area (Å²) in [5, 5.41) is 8.07. The fourth-order valence-corrected chi connectivity index (χ4v) is 5.80. The van der Waals surface area contributed by atoms with Crippen LogP contribution in [0.3, 0.4) is 0 Å². The second kappa shape index (κ2) is 10.1. The fourth-order valence-electron chi connectivity index (χ4n) is 4.43. The summed E-state index contributed by atoms with van der Waals surface area (Å²) in [6.45, 7) is 5.54. The topological polar surface area (TPSA) is 112 Å². The summed E-state index contributed by atoms with van der Waals surface area (Å²) in [6.07, 6.45) is 3.74. The number of amides is 1. The summed E-state index contributed by atoms with van der Waals surface area (Å²) in [4.78, 5) is 39.6. The molecule has 35 heavy (non-hydrogen) atoms. The summed E-state index contributed by atoms with van der Waals surface area (Å²) < 4.78 is 6.06. The Morgan fingerprint density at radius 2 is 2.06 bits per heavy atom. The first-order chi connectivity index (χ1) is 17.0. The molecule has 1 aromatic carbocycles. The smallest absolute Gasteiger partial charge is 0.339 e. The van der Waals surface area contributed by atoms with Crippen LogP contribution in [0.5, 0.6) is 0 Å². The van der Waals surface area contributed by atoms with Crippen LogP contribution in [-0.4, -0.2) is 64.7 Å². The summed E-state index contributed by atoms with van der Waals surface area (Å²) in [6, 6.07) is 6.04. The van der Waals surface area contributed by atoms with Crippen molar-refractivity contribution in [1.82, 2.24) is 25.6 Å². The Hall–Kier alpha value is -2.69. The second-order valence-corrected chi connectivity index (χ2v) is 10.3. The van der Waals surface area contributed by atoms with Gasteiger partial charge in [-0.25, -0.2) is 14.8 Å². The summed E-state index contributed by atoms with van der Waals surface area (Å²) in [5.74, 6) is -0.323. The highest BCUT2D eigenvalue weighted by molar-refractivity contribution is 7.22. The minimum absolute atomic E-state index is 0.0437. The Morgan fingerprint density at radius 1 is 1.23 bits per heavy atom. The number of imidazole rings is 1. The maximum absolute atomic E-state index is 12.9. The Labute approximate surface area is 212 Å². The first kappa shape index (κ1) is 24.0. The zero-order chi connectivity index (χ0) is 24.5. The number of carbonyl (C=O) groups excluding carboxylic acids is 2. The number of H-pyrrole nitrogens is 1. The van der Waals surface area contributed by atoms with Crippen LogP contribution in [-0.2, 0) is 11.2 Å². The molecule has 0 radical (unpaired) electrons. The average Bonchev–Trinajstić information content (AvgIpc) is 3.42. The molecular weight excluding hydrogens is 488 g/mol. The quantitative estimate of drug-likeness (QED) is 0.392. The Balaban J connectivity index is 1.33. The lowest BCUT2D eigenvalue weighted by Gasteiger charge is -2.39. The van der Waals surface area contributed by atoms with E-state index >= 15 is 0 Å². The number of rotatable bonds is 8. The van der Waals surface area contributed by atoms with Crippen molar-refractivity contribution in [1.29, 1.82) is 0 Å². The molecule has 1 amide bonds. The van der Waals surface area contributed by atoms with Crippen molar-refractivity contribution in [3.05, 3.63) is 40.4 Å². The van der Waals surface area contributed by atoms with Crippen LogP contribution in [0.1, 0.15) is 59.8 Å². The average molecular weight is 517 g/mol. The van der Waals surface area contributed by atoms with E-state index in [1.54, 1.807) is 13.0 Å². The molecule has 3 N–H and O–H groups in total. The van der Waals surface area contributed by atoms with Gasteiger partial charge in [-0.05, 0) is 44.7 Å². The third-order valence-electron chi connectivity index (χ3n) is 6.42. The van der Waals surface area contributed by atoms with Crippen molar-refractivity contribution in [2.24, 2.45) is 0 Å². The molecule has 1 aliphatic heterocycles. The molecule has 9 nitrogen and oxygen atoms in total. The van der Waals surface area contributed by atoms with Gasteiger partial charge in [0.2, 0.25) is 0 Å². The standard InChI is InChI=1S/C24H29ClN6O3S/c1-3-15-20(25)30-21(27-15)22(32)28-16-10-11-31(12-18(16)26-13-8-9-13)24-29-17-7-5-6-14(19(17)35-24)23(33)34-4-2/h5-7,13,16,18,26H,3-4,8-12H2,1-2H3,(H,27,30)(H,28,32)/t16-,18-/m0/s1. The fraction of sp³-hybridized carbons (Fsp3) is 0.500. The van der Waals surface area contributed by atoms with Gasteiger partial charge in [0.05, 0.1) is 28.1 Å². The number of fused-ring (bicyclic) bond motifs is 1. The maximum atomic E-state index is 12.9. The van der Waals surface area contributed by atoms with Gasteiger partial charge in [0, 0.05) is 31.2 Å². The maximum Gasteiger partial charge on any atom is 0.339 e. The van der Waals surface area contributed by atoms with E-state index in [4.69, 9.17) is 21.3 Å². The van der Waals surface area contributed by atoms with Crippen LogP contribution in [0, 0.1) is 0 Å². The number of piperidine rings is 1. The Bertz CT molecular complexity index is 1240. The number of nitrogens with one attached hydrogen (secondary N) is 3. The lowest BCUT2D eigenvalue weighted by Crippen LogP contribution is -2.60. The summed E-state index contributed by atoms with van der Waals surface area (Å²) >= 11 is 7.64. The molecule has 2 atom stereocenters. The minimum atomic E-state index is -0.327. The molecule has 0 spiro atoms. The van der Waals surface area contributed by atoms with Crippen molar-refractivity contribution in [3.63, 3.8) is 0 Å². The third-order valence-corrected chi connectivity index (χ3v) is 7.90. The van der Waals surface area contributed by atoms with Crippen molar-refractivity contribution < 1.29 is 14.3 Å². The second-order valence-electron chi connectivity index (χ2n) is 8.94. The van der Waals surface area contributed by atoms with Gasteiger partial charge in [0.15, 0.2) is 16.1 Å². The predicted molar refractivity (Wildman–Crippen MR) is 137 cm³/mol. The summed E-state index contributed by atoms with van der Waals surface area (Å²) in [5.41, 5.74) is 2.10. The minimum Gasteiger partial charge on any atom is -0.462 e. The molecule has 1 saturated heterocycles. The molecule has 0 bridgehead atoms. The Kier molecular flexibility index (Phi) is 6.95. The van der Waals surface area contributed by atoms with Crippen LogP contribution >= 0.6 is 22.9 Å². The number of aromatic amines is 1. The Morgan fingerprint density at radius 3 is 2.77 bits per heavy atom. The summed E-state index contributed by atoms with van der Waals surface area (Å²) in [7, 11) is 0. The molecule has 0 unspecified atom stereocenters. The lowest BCUT2D eigenvalue weighted by atomic mass is 9.99. The van der Waals surface area contributed by atoms with Gasteiger partial charge in [0.1, 0.15) is 0 Å². The zero-order valence-electron chi connectivity index (χ0n) is 19.8. The van der Waals surface area contributed by atoms with E-state index < -0.39 is 0 Å². The molecule has 5 rings (SSSR count). The van der Waals surface area contributed by atoms with Gasteiger partial charge in [-0.1, -0.05) is 35.9 Å². The SMILES string of the molecule is CCOC(=O)c1cccc2nc(N3CC[C@H](NC(=O)c4nc(Cl)c(CC)[nH]4)[C@@H](NC4CC4)C3)sc12. The monoisotopic (exact) mass is 516 g/mol. The van der Waals surface area contributed by atoms with Crippen LogP contribution in [0.15, 0.2) is 18.2 Å². The van der Waals surface area contributed by atoms with Gasteiger partial charge in [-0.3, -0.25) is 4.79 Å². The molecule has 2 aliphatic rings. The number of benzene rings is 1. The number of anilines is 1. The lowest BCUT2D eigenvalue weighted by molar-refractivity contribution is 0.0528. The highest BCUT2D eigenvalue weighted by atomic mass is 35.5. The number of esters is 1. The van der Waals surface area contributed by atoms with E-state index in [0.717, 1.165) is 46.8 Å². The van der Waals surface area contributed by atoms with E-state index in [9.17, 15) is 9.59 Å². The van der Waals surface area contributed by atoms with E-state index in [1.807, 2.05) is 19.1 Å². The molecule has 3 heterocycles. The number of halogens is 1. The van der Waals surface area contributed by atoms with Gasteiger partial charge >= 0.3 is 5.97 Å². The number of nitrogens with zero attached hydrogens (tertiary/aromatic N) is 3. The highest BCUT2D eigenvalue weighted by Gasteiger charge is 2.36. The predicted octanol–water partition coefficient (Wildman–Crippen LogP) is 3.54. The number of carbonyl (C=O) groups is 2. The van der Waals surface area contributed by atoms with Crippen LogP contribution in [0.2, 0.25) is 5.15 Å². The number of aromatic nitrogens is 3. The molecule has 11 heteroatoms. The van der Waals surface area contributed by atoms with E-state index in [-0.39, 0.29) is 29.8 Å². The number of hydrogen-bond acceptors (Lipinski definition) is 8.